The number of carbonyl (C=O) groups is 1. The third-order valence-corrected chi connectivity index (χ3v) is 3.03. The Morgan fingerprint density at radius 2 is 2.47 bits per heavy atom. The Morgan fingerprint density at radius 3 is 3.18 bits per heavy atom. The Morgan fingerprint density at radius 1 is 1.65 bits per heavy atom. The van der Waals surface area contributed by atoms with Crippen molar-refractivity contribution in [1.82, 2.24) is 15.3 Å². The van der Waals surface area contributed by atoms with Gasteiger partial charge in [-0.2, -0.15) is 0 Å². The lowest BCUT2D eigenvalue weighted by Crippen LogP contribution is -2.44. The fourth-order valence-electron chi connectivity index (χ4n) is 2.16. The van der Waals surface area contributed by atoms with E-state index < -0.39 is 0 Å². The predicted octanol–water partition coefficient (Wildman–Crippen LogP) is -0.268. The number of piperidine rings is 1. The second kappa shape index (κ2) is 4.99. The highest BCUT2D eigenvalue weighted by Crippen LogP contribution is 2.19. The quantitative estimate of drug-likeness (QED) is 0.741. The number of hydrogen-bond acceptors (Lipinski definition) is 4. The SMILES string of the molecule is CNC(=O)C1CCCN(c2ncc[nH]c2=O)C1. The maximum Gasteiger partial charge on any atom is 0.290 e. The minimum atomic E-state index is -0.204. The Kier molecular flexibility index (Phi) is 3.41. The van der Waals surface area contributed by atoms with Gasteiger partial charge in [-0.05, 0) is 12.8 Å². The van der Waals surface area contributed by atoms with Crippen LogP contribution in [0.1, 0.15) is 12.8 Å². The van der Waals surface area contributed by atoms with Crippen LogP contribution in [0.25, 0.3) is 0 Å². The molecule has 0 saturated carbocycles. The smallest absolute Gasteiger partial charge is 0.290 e. The fourth-order valence-corrected chi connectivity index (χ4v) is 2.16. The number of anilines is 1. The number of H-pyrrole nitrogens is 1. The van der Waals surface area contributed by atoms with E-state index >= 15 is 0 Å². The molecule has 0 aromatic carbocycles. The Hall–Kier alpha value is -1.85. The van der Waals surface area contributed by atoms with Gasteiger partial charge in [-0.1, -0.05) is 0 Å². The largest absolute Gasteiger partial charge is 0.359 e. The monoisotopic (exact) mass is 236 g/mol. The molecule has 1 aliphatic rings. The van der Waals surface area contributed by atoms with Crippen LogP contribution in [0.5, 0.6) is 0 Å². The standard InChI is InChI=1S/C11H16N4O2/c1-12-10(16)8-3-2-6-15(7-8)9-11(17)14-5-4-13-9/h4-5,8H,2-3,6-7H2,1H3,(H,12,16)(H,14,17). The summed E-state index contributed by atoms with van der Waals surface area (Å²) in [5.74, 6) is 0.373. The van der Waals surface area contributed by atoms with E-state index in [0.717, 1.165) is 19.4 Å². The second-order valence-corrected chi connectivity index (χ2v) is 4.14. The number of aromatic amines is 1. The average Bonchev–Trinajstić information content (AvgIpc) is 2.38. The van der Waals surface area contributed by atoms with E-state index in [1.54, 1.807) is 13.2 Å². The van der Waals surface area contributed by atoms with Crippen molar-refractivity contribution in [3.63, 3.8) is 0 Å². The molecule has 6 heteroatoms. The summed E-state index contributed by atoms with van der Waals surface area (Å²) in [7, 11) is 1.63. The number of nitrogens with one attached hydrogen (secondary N) is 2. The lowest BCUT2D eigenvalue weighted by atomic mass is 9.97. The summed E-state index contributed by atoms with van der Waals surface area (Å²) in [5.41, 5.74) is -0.204. The van der Waals surface area contributed by atoms with Gasteiger partial charge in [-0.25, -0.2) is 4.98 Å². The third kappa shape index (κ3) is 2.46. The van der Waals surface area contributed by atoms with E-state index in [1.165, 1.54) is 6.20 Å². The van der Waals surface area contributed by atoms with E-state index in [9.17, 15) is 9.59 Å². The highest BCUT2D eigenvalue weighted by atomic mass is 16.2. The van der Waals surface area contributed by atoms with Crippen LogP contribution < -0.4 is 15.8 Å². The molecule has 6 nitrogen and oxygen atoms in total. The zero-order chi connectivity index (χ0) is 12.3. The van der Waals surface area contributed by atoms with Gasteiger partial charge in [0.25, 0.3) is 5.56 Å². The molecule has 1 saturated heterocycles. The van der Waals surface area contributed by atoms with Crippen molar-refractivity contribution >= 4 is 11.7 Å². The third-order valence-electron chi connectivity index (χ3n) is 3.03. The zero-order valence-electron chi connectivity index (χ0n) is 9.77. The Labute approximate surface area is 99.1 Å². The molecular formula is C11H16N4O2. The van der Waals surface area contributed by atoms with E-state index in [1.807, 2.05) is 4.90 Å². The van der Waals surface area contributed by atoms with Crippen LogP contribution in [0.2, 0.25) is 0 Å². The Balaban J connectivity index is 2.15. The fraction of sp³-hybridized carbons (Fsp3) is 0.545. The minimum Gasteiger partial charge on any atom is -0.359 e. The van der Waals surface area contributed by atoms with Gasteiger partial charge >= 0.3 is 0 Å². The molecule has 1 unspecified atom stereocenters. The van der Waals surface area contributed by atoms with E-state index in [-0.39, 0.29) is 17.4 Å². The molecule has 1 amide bonds. The predicted molar refractivity (Wildman–Crippen MR) is 63.9 cm³/mol. The van der Waals surface area contributed by atoms with Crippen LogP contribution in [0, 0.1) is 5.92 Å². The van der Waals surface area contributed by atoms with Crippen LogP contribution in [-0.2, 0) is 4.79 Å². The molecule has 2 N–H and O–H groups in total. The van der Waals surface area contributed by atoms with E-state index in [0.29, 0.717) is 12.4 Å². The summed E-state index contributed by atoms with van der Waals surface area (Å²) < 4.78 is 0. The number of hydrogen-bond donors (Lipinski definition) is 2. The Bertz CT molecular complexity index is 457. The second-order valence-electron chi connectivity index (χ2n) is 4.14. The molecule has 2 rings (SSSR count). The summed E-state index contributed by atoms with van der Waals surface area (Å²) in [5, 5.41) is 2.65. The molecule has 1 fully saturated rings. The first-order valence-corrected chi connectivity index (χ1v) is 5.72. The molecule has 1 aromatic heterocycles. The van der Waals surface area contributed by atoms with E-state index in [2.05, 4.69) is 15.3 Å². The number of aromatic nitrogens is 2. The minimum absolute atomic E-state index is 0.0297. The van der Waals surface area contributed by atoms with Crippen molar-refractivity contribution in [3.8, 4) is 0 Å². The van der Waals surface area contributed by atoms with Crippen molar-refractivity contribution in [2.75, 3.05) is 25.0 Å². The van der Waals surface area contributed by atoms with Crippen molar-refractivity contribution < 1.29 is 4.79 Å². The number of rotatable bonds is 2. The van der Waals surface area contributed by atoms with Crippen molar-refractivity contribution in [2.45, 2.75) is 12.8 Å². The first kappa shape index (κ1) is 11.6. The summed E-state index contributed by atoms with van der Waals surface area (Å²) in [4.78, 5) is 31.7. The maximum atomic E-state index is 11.6. The normalized spacial score (nSPS) is 20.1. The molecule has 2 heterocycles. The van der Waals surface area contributed by atoms with Crippen molar-refractivity contribution in [2.24, 2.45) is 5.92 Å². The molecule has 0 radical (unpaired) electrons. The molecule has 17 heavy (non-hydrogen) atoms. The maximum absolute atomic E-state index is 11.6. The summed E-state index contributed by atoms with van der Waals surface area (Å²) in [6.45, 7) is 1.33. The highest BCUT2D eigenvalue weighted by Gasteiger charge is 2.26. The molecule has 1 aromatic rings. The summed E-state index contributed by atoms with van der Waals surface area (Å²) in [6, 6.07) is 0. The van der Waals surface area contributed by atoms with E-state index in [4.69, 9.17) is 0 Å². The van der Waals surface area contributed by atoms with Crippen LogP contribution in [0.3, 0.4) is 0 Å². The van der Waals surface area contributed by atoms with Crippen LogP contribution in [0.15, 0.2) is 17.2 Å². The molecule has 92 valence electrons. The van der Waals surface area contributed by atoms with Gasteiger partial charge in [-0.3, -0.25) is 9.59 Å². The topological polar surface area (TPSA) is 78.1 Å². The lowest BCUT2D eigenvalue weighted by Gasteiger charge is -2.31. The van der Waals surface area contributed by atoms with Gasteiger partial charge < -0.3 is 15.2 Å². The van der Waals surface area contributed by atoms with Crippen LogP contribution in [0.4, 0.5) is 5.82 Å². The first-order chi connectivity index (χ1) is 8.22. The zero-order valence-corrected chi connectivity index (χ0v) is 9.77. The van der Waals surface area contributed by atoms with Crippen LogP contribution >= 0.6 is 0 Å². The van der Waals surface area contributed by atoms with Gasteiger partial charge in [0.2, 0.25) is 5.91 Å². The number of carbonyl (C=O) groups excluding carboxylic acids is 1. The number of nitrogens with zero attached hydrogens (tertiary/aromatic N) is 2. The van der Waals surface area contributed by atoms with Crippen molar-refractivity contribution in [3.05, 3.63) is 22.7 Å². The molecular weight excluding hydrogens is 220 g/mol. The lowest BCUT2D eigenvalue weighted by molar-refractivity contribution is -0.124. The van der Waals surface area contributed by atoms with Gasteiger partial charge in [-0.15, -0.1) is 0 Å². The first-order valence-electron chi connectivity index (χ1n) is 5.72. The molecule has 1 atom stereocenters. The molecule has 0 aliphatic carbocycles. The highest BCUT2D eigenvalue weighted by molar-refractivity contribution is 5.79. The van der Waals surface area contributed by atoms with Crippen molar-refractivity contribution in [1.29, 1.82) is 0 Å². The van der Waals surface area contributed by atoms with Crippen LogP contribution in [-0.4, -0.2) is 36.0 Å². The summed E-state index contributed by atoms with van der Waals surface area (Å²) >= 11 is 0. The summed E-state index contributed by atoms with van der Waals surface area (Å²) in [6.07, 6.45) is 4.82. The van der Waals surface area contributed by atoms with Gasteiger partial charge in [0.1, 0.15) is 0 Å². The number of amides is 1. The average molecular weight is 236 g/mol. The molecule has 0 bridgehead atoms. The van der Waals surface area contributed by atoms with Gasteiger partial charge in [0.15, 0.2) is 5.82 Å². The van der Waals surface area contributed by atoms with Gasteiger partial charge in [0.05, 0.1) is 5.92 Å². The van der Waals surface area contributed by atoms with Gasteiger partial charge in [0, 0.05) is 32.5 Å². The molecule has 0 spiro atoms. The molecule has 1 aliphatic heterocycles.